The lowest BCUT2D eigenvalue weighted by atomic mass is 9.93. The van der Waals surface area contributed by atoms with E-state index in [2.05, 4.69) is 35.4 Å². The molecule has 1 saturated carbocycles. The van der Waals surface area contributed by atoms with Crippen molar-refractivity contribution < 1.29 is 4.79 Å². The van der Waals surface area contributed by atoms with Crippen molar-refractivity contribution in [3.05, 3.63) is 52.8 Å². The molecule has 0 unspecified atom stereocenters. The van der Waals surface area contributed by atoms with Crippen molar-refractivity contribution in [3.63, 3.8) is 0 Å². The Hall–Kier alpha value is -2.10. The molecule has 0 bridgehead atoms. The van der Waals surface area contributed by atoms with Gasteiger partial charge in [0.2, 0.25) is 0 Å². The molecule has 128 valence electrons. The van der Waals surface area contributed by atoms with Crippen molar-refractivity contribution in [1.82, 2.24) is 14.7 Å². The molecule has 2 aromatic rings. The van der Waals surface area contributed by atoms with Crippen LogP contribution in [-0.4, -0.2) is 33.7 Å². The summed E-state index contributed by atoms with van der Waals surface area (Å²) in [7, 11) is 3.86. The minimum atomic E-state index is 0.114. The van der Waals surface area contributed by atoms with E-state index in [1.54, 1.807) is 4.68 Å². The summed E-state index contributed by atoms with van der Waals surface area (Å²) in [6.07, 6.45) is 4.54. The number of nitrogens with zero attached hydrogens (tertiary/aromatic N) is 3. The zero-order chi connectivity index (χ0) is 17.3. The largest absolute Gasteiger partial charge is 0.338 e. The maximum absolute atomic E-state index is 13.1. The van der Waals surface area contributed by atoms with Gasteiger partial charge < -0.3 is 4.90 Å². The van der Waals surface area contributed by atoms with E-state index in [1.807, 2.05) is 32.8 Å². The second-order valence-electron chi connectivity index (χ2n) is 7.03. The summed E-state index contributed by atoms with van der Waals surface area (Å²) >= 11 is 0. The lowest BCUT2D eigenvalue weighted by Gasteiger charge is -2.30. The molecule has 1 aliphatic carbocycles. The van der Waals surface area contributed by atoms with Gasteiger partial charge in [-0.3, -0.25) is 9.48 Å². The van der Waals surface area contributed by atoms with Gasteiger partial charge in [-0.25, -0.2) is 0 Å². The molecule has 4 nitrogen and oxygen atoms in total. The third-order valence-corrected chi connectivity index (χ3v) is 5.50. The Morgan fingerprint density at radius 1 is 1.25 bits per heavy atom. The number of amides is 1. The van der Waals surface area contributed by atoms with Crippen LogP contribution < -0.4 is 0 Å². The van der Waals surface area contributed by atoms with Crippen molar-refractivity contribution in [2.45, 2.75) is 45.6 Å². The summed E-state index contributed by atoms with van der Waals surface area (Å²) < 4.78 is 1.80. The molecule has 1 amide bonds. The van der Waals surface area contributed by atoms with Gasteiger partial charge in [-0.1, -0.05) is 36.8 Å². The standard InChI is InChI=1S/C20H27N3O/c1-14-19(15(2)23(4)21-14)20(24)22(3)18-12-8-11-17(18)13-16-9-6-5-7-10-16/h5-7,9-10,17-18H,8,11-13H2,1-4H3/t17-,18-/m1/s1. The van der Waals surface area contributed by atoms with Crippen molar-refractivity contribution in [2.24, 2.45) is 13.0 Å². The van der Waals surface area contributed by atoms with Gasteiger partial charge in [0.15, 0.2) is 0 Å². The second kappa shape index (κ2) is 6.80. The average Bonchev–Trinajstić information content (AvgIpc) is 3.12. The number of aromatic nitrogens is 2. The maximum atomic E-state index is 13.1. The highest BCUT2D eigenvalue weighted by Crippen LogP contribution is 2.33. The first-order valence-electron chi connectivity index (χ1n) is 8.80. The van der Waals surface area contributed by atoms with Crippen LogP contribution in [0, 0.1) is 19.8 Å². The Morgan fingerprint density at radius 2 is 1.96 bits per heavy atom. The molecule has 1 aromatic carbocycles. The van der Waals surface area contributed by atoms with Crippen LogP contribution in [0.1, 0.15) is 46.6 Å². The fourth-order valence-electron chi connectivity index (χ4n) is 4.09. The molecule has 0 saturated heterocycles. The van der Waals surface area contributed by atoms with Gasteiger partial charge >= 0.3 is 0 Å². The van der Waals surface area contributed by atoms with Gasteiger partial charge in [0.1, 0.15) is 0 Å². The van der Waals surface area contributed by atoms with E-state index < -0.39 is 0 Å². The van der Waals surface area contributed by atoms with Gasteiger partial charge in [-0.15, -0.1) is 0 Å². The zero-order valence-electron chi connectivity index (χ0n) is 15.1. The first-order valence-corrected chi connectivity index (χ1v) is 8.80. The monoisotopic (exact) mass is 325 g/mol. The third-order valence-electron chi connectivity index (χ3n) is 5.50. The molecule has 2 atom stereocenters. The lowest BCUT2D eigenvalue weighted by Crippen LogP contribution is -2.40. The second-order valence-corrected chi connectivity index (χ2v) is 7.03. The summed E-state index contributed by atoms with van der Waals surface area (Å²) in [4.78, 5) is 15.0. The molecular formula is C20H27N3O. The SMILES string of the molecule is Cc1nn(C)c(C)c1C(=O)N(C)[C@@H]1CCC[C@@H]1Cc1ccccc1. The van der Waals surface area contributed by atoms with E-state index in [-0.39, 0.29) is 5.91 Å². The highest BCUT2D eigenvalue weighted by atomic mass is 16.2. The fourth-order valence-corrected chi connectivity index (χ4v) is 4.09. The Labute approximate surface area is 144 Å². The number of carbonyl (C=O) groups excluding carboxylic acids is 1. The zero-order valence-corrected chi connectivity index (χ0v) is 15.1. The van der Waals surface area contributed by atoms with Crippen LogP contribution in [0.15, 0.2) is 30.3 Å². The fraction of sp³-hybridized carbons (Fsp3) is 0.500. The van der Waals surface area contributed by atoms with E-state index in [0.29, 0.717) is 12.0 Å². The predicted octanol–water partition coefficient (Wildman–Crippen LogP) is 3.52. The molecule has 24 heavy (non-hydrogen) atoms. The number of rotatable bonds is 4. The number of benzene rings is 1. The summed E-state index contributed by atoms with van der Waals surface area (Å²) in [5.41, 5.74) is 3.90. The van der Waals surface area contributed by atoms with Crippen LogP contribution in [-0.2, 0) is 13.5 Å². The summed E-state index contributed by atoms with van der Waals surface area (Å²) in [5, 5.41) is 4.40. The topological polar surface area (TPSA) is 38.1 Å². The van der Waals surface area contributed by atoms with Crippen molar-refractivity contribution >= 4 is 5.91 Å². The van der Waals surface area contributed by atoms with Gasteiger partial charge in [0.05, 0.1) is 11.3 Å². The Morgan fingerprint density at radius 3 is 2.58 bits per heavy atom. The van der Waals surface area contributed by atoms with Gasteiger partial charge in [0, 0.05) is 25.8 Å². The number of hydrogen-bond acceptors (Lipinski definition) is 2. The van der Waals surface area contributed by atoms with Crippen LogP contribution in [0.2, 0.25) is 0 Å². The molecule has 0 N–H and O–H groups in total. The summed E-state index contributed by atoms with van der Waals surface area (Å²) in [5.74, 6) is 0.654. The van der Waals surface area contributed by atoms with Gasteiger partial charge in [-0.05, 0) is 44.6 Å². The molecule has 1 aromatic heterocycles. The lowest BCUT2D eigenvalue weighted by molar-refractivity contribution is 0.0694. The van der Waals surface area contributed by atoms with E-state index in [9.17, 15) is 4.79 Å². The quantitative estimate of drug-likeness (QED) is 0.862. The van der Waals surface area contributed by atoms with E-state index in [0.717, 1.165) is 29.8 Å². The smallest absolute Gasteiger partial charge is 0.257 e. The molecule has 0 radical (unpaired) electrons. The Balaban J connectivity index is 1.78. The average molecular weight is 325 g/mol. The number of aryl methyl sites for hydroxylation is 2. The maximum Gasteiger partial charge on any atom is 0.257 e. The van der Waals surface area contributed by atoms with E-state index >= 15 is 0 Å². The minimum Gasteiger partial charge on any atom is -0.338 e. The molecule has 0 spiro atoms. The number of hydrogen-bond donors (Lipinski definition) is 0. The Bertz CT molecular complexity index is 720. The van der Waals surface area contributed by atoms with Gasteiger partial charge in [0.25, 0.3) is 5.91 Å². The number of carbonyl (C=O) groups is 1. The van der Waals surface area contributed by atoms with Crippen molar-refractivity contribution in [2.75, 3.05) is 7.05 Å². The molecule has 1 aliphatic rings. The first kappa shape index (κ1) is 16.7. The molecule has 1 heterocycles. The van der Waals surface area contributed by atoms with Crippen LogP contribution in [0.5, 0.6) is 0 Å². The highest BCUT2D eigenvalue weighted by molar-refractivity contribution is 5.96. The van der Waals surface area contributed by atoms with Crippen LogP contribution in [0.3, 0.4) is 0 Å². The van der Waals surface area contributed by atoms with E-state index in [4.69, 9.17) is 0 Å². The van der Waals surface area contributed by atoms with Crippen molar-refractivity contribution in [3.8, 4) is 0 Å². The summed E-state index contributed by atoms with van der Waals surface area (Å²) in [6.45, 7) is 3.89. The predicted molar refractivity (Wildman–Crippen MR) is 96.1 cm³/mol. The summed E-state index contributed by atoms with van der Waals surface area (Å²) in [6, 6.07) is 10.9. The minimum absolute atomic E-state index is 0.114. The van der Waals surface area contributed by atoms with Crippen molar-refractivity contribution in [1.29, 1.82) is 0 Å². The molecule has 0 aliphatic heterocycles. The molecular weight excluding hydrogens is 298 g/mol. The highest BCUT2D eigenvalue weighted by Gasteiger charge is 2.34. The van der Waals surface area contributed by atoms with Crippen LogP contribution in [0.4, 0.5) is 0 Å². The molecule has 4 heteroatoms. The van der Waals surface area contributed by atoms with Crippen LogP contribution >= 0.6 is 0 Å². The first-order chi connectivity index (χ1) is 11.5. The third kappa shape index (κ3) is 3.10. The van der Waals surface area contributed by atoms with E-state index in [1.165, 1.54) is 18.4 Å². The van der Waals surface area contributed by atoms with Gasteiger partial charge in [-0.2, -0.15) is 5.10 Å². The normalized spacial score (nSPS) is 20.3. The Kier molecular flexibility index (Phi) is 4.74. The molecule has 3 rings (SSSR count). The van der Waals surface area contributed by atoms with Crippen LogP contribution in [0.25, 0.3) is 0 Å². The molecule has 1 fully saturated rings.